The average molecular weight is 321 g/mol. The highest BCUT2D eigenvalue weighted by Crippen LogP contribution is 2.20. The number of rotatable bonds is 4. The van der Waals surface area contributed by atoms with Crippen LogP contribution in [0.4, 0.5) is 0 Å². The van der Waals surface area contributed by atoms with Crippen molar-refractivity contribution in [3.05, 3.63) is 22.5 Å². The molecular weight excluding hydrogens is 298 g/mol. The lowest BCUT2D eigenvalue weighted by Gasteiger charge is -2.26. The molecule has 0 unspecified atom stereocenters. The van der Waals surface area contributed by atoms with Gasteiger partial charge < -0.3 is 9.72 Å². The molecule has 1 aliphatic heterocycles. The van der Waals surface area contributed by atoms with Gasteiger partial charge in [0.1, 0.15) is 5.69 Å². The van der Waals surface area contributed by atoms with Gasteiger partial charge in [-0.25, -0.2) is 4.79 Å². The molecule has 1 aliphatic rings. The monoisotopic (exact) mass is 321 g/mol. The molecule has 7 heteroatoms. The summed E-state index contributed by atoms with van der Waals surface area (Å²) in [6.45, 7) is 7.45. The number of nitrogens with zero attached hydrogens (tertiary/aromatic N) is 1. The minimum atomic E-state index is -0.459. The van der Waals surface area contributed by atoms with Gasteiger partial charge in [-0.2, -0.15) is 0 Å². The van der Waals surface area contributed by atoms with E-state index in [9.17, 15) is 14.4 Å². The molecule has 1 fully saturated rings. The van der Waals surface area contributed by atoms with Crippen molar-refractivity contribution in [2.24, 2.45) is 0 Å². The average Bonchev–Trinajstić information content (AvgIpc) is 2.75. The van der Waals surface area contributed by atoms with Gasteiger partial charge in [0, 0.05) is 18.7 Å². The molecular formula is C16H23N3O4. The molecule has 2 N–H and O–H groups in total. The van der Waals surface area contributed by atoms with Gasteiger partial charge in [-0.05, 0) is 46.1 Å². The van der Waals surface area contributed by atoms with Crippen LogP contribution in [0.3, 0.4) is 0 Å². The number of amides is 2. The van der Waals surface area contributed by atoms with Gasteiger partial charge in [0.05, 0.1) is 11.7 Å². The maximum Gasteiger partial charge on any atom is 0.340 e. The largest absolute Gasteiger partial charge is 0.459 e. The van der Waals surface area contributed by atoms with E-state index in [0.29, 0.717) is 29.8 Å². The number of piperidine rings is 1. The number of carbonyl (C=O) groups is 3. The fourth-order valence-corrected chi connectivity index (χ4v) is 2.66. The van der Waals surface area contributed by atoms with Crippen molar-refractivity contribution in [3.8, 4) is 0 Å². The lowest BCUT2D eigenvalue weighted by atomic mass is 10.1. The van der Waals surface area contributed by atoms with Gasteiger partial charge in [0.2, 0.25) is 5.91 Å². The maximum atomic E-state index is 12.4. The Morgan fingerprint density at radius 2 is 1.96 bits per heavy atom. The van der Waals surface area contributed by atoms with Gasteiger partial charge in [-0.3, -0.25) is 20.0 Å². The molecule has 23 heavy (non-hydrogen) atoms. The van der Waals surface area contributed by atoms with E-state index in [4.69, 9.17) is 4.74 Å². The SMILES string of the molecule is Cc1[nH]c(C(=O)NN2CCCCC2=O)c(C)c1C(=O)OC(C)C. The molecule has 0 saturated carbocycles. The highest BCUT2D eigenvalue weighted by atomic mass is 16.5. The third-order valence-electron chi connectivity index (χ3n) is 3.77. The van der Waals surface area contributed by atoms with Crippen molar-refractivity contribution in [3.63, 3.8) is 0 Å². The molecule has 0 atom stereocenters. The topological polar surface area (TPSA) is 91.5 Å². The molecule has 7 nitrogen and oxygen atoms in total. The second kappa shape index (κ2) is 6.85. The molecule has 2 rings (SSSR count). The summed E-state index contributed by atoms with van der Waals surface area (Å²) in [5, 5.41) is 1.34. The first-order valence-corrected chi connectivity index (χ1v) is 7.82. The number of esters is 1. The Hall–Kier alpha value is -2.31. The second-order valence-corrected chi connectivity index (χ2v) is 6.02. The van der Waals surface area contributed by atoms with Crippen molar-refractivity contribution in [1.29, 1.82) is 0 Å². The summed E-state index contributed by atoms with van der Waals surface area (Å²) in [6.07, 6.45) is 1.91. The van der Waals surface area contributed by atoms with Crippen LogP contribution in [0.15, 0.2) is 0 Å². The number of ether oxygens (including phenoxy) is 1. The van der Waals surface area contributed by atoms with Crippen molar-refractivity contribution in [1.82, 2.24) is 15.4 Å². The number of aromatic amines is 1. The van der Waals surface area contributed by atoms with Gasteiger partial charge in [0.15, 0.2) is 0 Å². The maximum absolute atomic E-state index is 12.4. The fourth-order valence-electron chi connectivity index (χ4n) is 2.66. The van der Waals surface area contributed by atoms with Crippen molar-refractivity contribution >= 4 is 17.8 Å². The normalized spacial score (nSPS) is 15.0. The van der Waals surface area contributed by atoms with Crippen LogP contribution in [0.1, 0.15) is 65.2 Å². The zero-order chi connectivity index (χ0) is 17.1. The summed E-state index contributed by atoms with van der Waals surface area (Å²) in [5.41, 5.74) is 4.35. The number of hydrazine groups is 1. The predicted octanol–water partition coefficient (Wildman–Crippen LogP) is 1.85. The van der Waals surface area contributed by atoms with E-state index in [1.165, 1.54) is 5.01 Å². The van der Waals surface area contributed by atoms with E-state index in [1.807, 2.05) is 0 Å². The zero-order valence-electron chi connectivity index (χ0n) is 14.0. The van der Waals surface area contributed by atoms with Crippen molar-refractivity contribution in [2.45, 2.75) is 53.1 Å². The minimum Gasteiger partial charge on any atom is -0.459 e. The van der Waals surface area contributed by atoms with E-state index >= 15 is 0 Å². The molecule has 1 saturated heterocycles. The number of nitrogens with one attached hydrogen (secondary N) is 2. The first-order valence-electron chi connectivity index (χ1n) is 7.82. The van der Waals surface area contributed by atoms with E-state index in [0.717, 1.165) is 12.8 Å². The Morgan fingerprint density at radius 3 is 2.57 bits per heavy atom. The highest BCUT2D eigenvalue weighted by Gasteiger charge is 2.26. The molecule has 0 radical (unpaired) electrons. The Bertz CT molecular complexity index is 634. The van der Waals surface area contributed by atoms with Crippen LogP contribution in [-0.4, -0.2) is 40.4 Å². The predicted molar refractivity (Wildman–Crippen MR) is 83.8 cm³/mol. The van der Waals surface area contributed by atoms with Crippen LogP contribution in [-0.2, 0) is 9.53 Å². The van der Waals surface area contributed by atoms with Crippen LogP contribution in [0, 0.1) is 13.8 Å². The van der Waals surface area contributed by atoms with Crippen molar-refractivity contribution < 1.29 is 19.1 Å². The number of carbonyl (C=O) groups excluding carboxylic acids is 3. The molecule has 2 heterocycles. The number of aromatic nitrogens is 1. The Labute approximate surface area is 135 Å². The summed E-state index contributed by atoms with van der Waals surface area (Å²) in [7, 11) is 0. The van der Waals surface area contributed by atoms with Gasteiger partial charge in [0.25, 0.3) is 5.91 Å². The molecule has 2 amide bonds. The van der Waals surface area contributed by atoms with Gasteiger partial charge in [-0.15, -0.1) is 0 Å². The lowest BCUT2D eigenvalue weighted by Crippen LogP contribution is -2.48. The molecule has 0 aliphatic carbocycles. The highest BCUT2D eigenvalue weighted by molar-refractivity contribution is 6.01. The Balaban J connectivity index is 2.18. The van der Waals surface area contributed by atoms with Crippen LogP contribution < -0.4 is 5.43 Å². The summed E-state index contributed by atoms with van der Waals surface area (Å²) in [5.74, 6) is -0.978. The van der Waals surface area contributed by atoms with Gasteiger partial charge >= 0.3 is 5.97 Å². The number of H-pyrrole nitrogens is 1. The smallest absolute Gasteiger partial charge is 0.340 e. The fraction of sp³-hybridized carbons (Fsp3) is 0.562. The third kappa shape index (κ3) is 3.72. The molecule has 126 valence electrons. The van der Waals surface area contributed by atoms with E-state index in [1.54, 1.807) is 27.7 Å². The quantitative estimate of drug-likeness (QED) is 0.828. The summed E-state index contributed by atoms with van der Waals surface area (Å²) in [6, 6.07) is 0. The summed E-state index contributed by atoms with van der Waals surface area (Å²) >= 11 is 0. The zero-order valence-corrected chi connectivity index (χ0v) is 14.0. The second-order valence-electron chi connectivity index (χ2n) is 6.02. The third-order valence-corrected chi connectivity index (χ3v) is 3.77. The molecule has 1 aromatic rings. The first-order chi connectivity index (χ1) is 10.8. The van der Waals surface area contributed by atoms with E-state index in [-0.39, 0.29) is 17.7 Å². The minimum absolute atomic E-state index is 0.0926. The van der Waals surface area contributed by atoms with Gasteiger partial charge in [-0.1, -0.05) is 0 Å². The number of hydrogen-bond donors (Lipinski definition) is 2. The Morgan fingerprint density at radius 1 is 1.26 bits per heavy atom. The van der Waals surface area contributed by atoms with E-state index in [2.05, 4.69) is 10.4 Å². The van der Waals surface area contributed by atoms with Crippen LogP contribution >= 0.6 is 0 Å². The summed E-state index contributed by atoms with van der Waals surface area (Å²) in [4.78, 5) is 39.2. The van der Waals surface area contributed by atoms with E-state index < -0.39 is 11.9 Å². The number of aryl methyl sites for hydroxylation is 1. The lowest BCUT2D eigenvalue weighted by molar-refractivity contribution is -0.135. The molecule has 0 bridgehead atoms. The van der Waals surface area contributed by atoms with Crippen LogP contribution in [0.25, 0.3) is 0 Å². The number of hydrogen-bond acceptors (Lipinski definition) is 4. The summed E-state index contributed by atoms with van der Waals surface area (Å²) < 4.78 is 5.20. The Kier molecular flexibility index (Phi) is 5.08. The standard InChI is InChI=1S/C16H23N3O4/c1-9(2)23-16(22)13-10(3)14(17-11(13)4)15(21)18-19-8-6-5-7-12(19)20/h9,17H,5-8H2,1-4H3,(H,18,21). The van der Waals surface area contributed by atoms with Crippen LogP contribution in [0.2, 0.25) is 0 Å². The molecule has 0 aromatic carbocycles. The molecule has 0 spiro atoms. The molecule has 1 aromatic heterocycles. The van der Waals surface area contributed by atoms with Crippen LogP contribution in [0.5, 0.6) is 0 Å². The van der Waals surface area contributed by atoms with Crippen molar-refractivity contribution in [2.75, 3.05) is 6.54 Å². The first kappa shape index (κ1) is 17.1.